The normalized spacial score (nSPS) is 11.0. The van der Waals surface area contributed by atoms with Crippen molar-refractivity contribution < 1.29 is 13.2 Å². The Morgan fingerprint density at radius 1 is 1.33 bits per heavy atom. The van der Waals surface area contributed by atoms with Crippen LogP contribution in [-0.4, -0.2) is 33.7 Å². The summed E-state index contributed by atoms with van der Waals surface area (Å²) in [6.07, 6.45) is 1.13. The maximum atomic E-state index is 11.3. The highest BCUT2D eigenvalue weighted by Gasteiger charge is 2.09. The topological polar surface area (TPSA) is 101 Å². The molecular formula is C11H17N3O3S. The summed E-state index contributed by atoms with van der Waals surface area (Å²) in [6, 6.07) is 4.52. The summed E-state index contributed by atoms with van der Waals surface area (Å²) in [7, 11) is -3.24. The first-order valence-electron chi connectivity index (χ1n) is 5.38. The number of rotatable bonds is 5. The molecule has 0 saturated carbocycles. The summed E-state index contributed by atoms with van der Waals surface area (Å²) < 4.78 is 22.6. The van der Waals surface area contributed by atoms with Gasteiger partial charge in [0.15, 0.2) is 9.84 Å². The van der Waals surface area contributed by atoms with Crippen LogP contribution in [0.5, 0.6) is 0 Å². The molecule has 18 heavy (non-hydrogen) atoms. The van der Waals surface area contributed by atoms with Crippen molar-refractivity contribution in [2.24, 2.45) is 0 Å². The van der Waals surface area contributed by atoms with Crippen molar-refractivity contribution in [1.29, 1.82) is 0 Å². The molecule has 0 heterocycles. The van der Waals surface area contributed by atoms with E-state index in [0.717, 1.165) is 6.26 Å². The molecule has 100 valence electrons. The van der Waals surface area contributed by atoms with E-state index in [1.807, 2.05) is 0 Å². The molecule has 1 rings (SSSR count). The Hall–Kier alpha value is -1.76. The fourth-order valence-corrected chi connectivity index (χ4v) is 2.02. The molecule has 0 saturated heterocycles. The molecule has 0 aliphatic rings. The van der Waals surface area contributed by atoms with E-state index in [1.165, 1.54) is 19.1 Å². The zero-order valence-electron chi connectivity index (χ0n) is 10.4. The van der Waals surface area contributed by atoms with Gasteiger partial charge in [0.2, 0.25) is 5.91 Å². The number of nitrogens with one attached hydrogen (secondary N) is 2. The number of sulfone groups is 1. The van der Waals surface area contributed by atoms with Crippen molar-refractivity contribution >= 4 is 27.1 Å². The molecule has 7 heteroatoms. The van der Waals surface area contributed by atoms with Crippen molar-refractivity contribution in [3.8, 4) is 0 Å². The second kappa shape index (κ2) is 5.72. The van der Waals surface area contributed by atoms with Gasteiger partial charge in [-0.05, 0) is 18.2 Å². The maximum absolute atomic E-state index is 11.3. The fraction of sp³-hybridized carbons (Fsp3) is 0.364. The van der Waals surface area contributed by atoms with Gasteiger partial charge in [0, 0.05) is 26.3 Å². The first-order valence-corrected chi connectivity index (χ1v) is 7.28. The number of nitrogen functional groups attached to an aromatic ring is 1. The highest BCUT2D eigenvalue weighted by Crippen LogP contribution is 2.22. The Balaban J connectivity index is 2.66. The van der Waals surface area contributed by atoms with Gasteiger partial charge < -0.3 is 16.4 Å². The van der Waals surface area contributed by atoms with Crippen LogP contribution in [0.25, 0.3) is 0 Å². The van der Waals surface area contributed by atoms with E-state index >= 15 is 0 Å². The highest BCUT2D eigenvalue weighted by atomic mass is 32.2. The molecule has 0 aromatic heterocycles. The minimum atomic E-state index is -3.24. The third-order valence-electron chi connectivity index (χ3n) is 2.27. The van der Waals surface area contributed by atoms with E-state index < -0.39 is 9.84 Å². The Bertz CT molecular complexity index is 540. The summed E-state index contributed by atoms with van der Waals surface area (Å²) in [5, 5.41) is 5.65. The van der Waals surface area contributed by atoms with E-state index in [0.29, 0.717) is 24.5 Å². The summed E-state index contributed by atoms with van der Waals surface area (Å²) in [6.45, 7) is 2.43. The van der Waals surface area contributed by atoms with Crippen molar-refractivity contribution in [2.75, 3.05) is 30.4 Å². The molecule has 0 fully saturated rings. The number of anilines is 2. The Kier molecular flexibility index (Phi) is 4.55. The largest absolute Gasteiger partial charge is 0.397 e. The summed E-state index contributed by atoms with van der Waals surface area (Å²) in [5.74, 6) is -0.0998. The van der Waals surface area contributed by atoms with Crippen LogP contribution in [0, 0.1) is 0 Å². The zero-order valence-corrected chi connectivity index (χ0v) is 11.2. The quantitative estimate of drug-likeness (QED) is 0.525. The number of carbonyl (C=O) groups excluding carboxylic acids is 1. The minimum absolute atomic E-state index is 0.0998. The van der Waals surface area contributed by atoms with Crippen molar-refractivity contribution in [3.63, 3.8) is 0 Å². The van der Waals surface area contributed by atoms with Crippen molar-refractivity contribution in [3.05, 3.63) is 18.2 Å². The first kappa shape index (κ1) is 14.3. The predicted molar refractivity (Wildman–Crippen MR) is 71.1 cm³/mol. The van der Waals surface area contributed by atoms with Crippen molar-refractivity contribution in [1.82, 2.24) is 5.32 Å². The Labute approximate surface area is 106 Å². The lowest BCUT2D eigenvalue weighted by molar-refractivity contribution is -0.118. The lowest BCUT2D eigenvalue weighted by atomic mass is 10.2. The standard InChI is InChI=1S/C11H17N3O3S/c1-8(15)13-5-6-14-11-4-3-9(7-10(11)12)18(2,16)17/h3-4,7,14H,5-6,12H2,1-2H3,(H,13,15). The molecule has 0 aliphatic carbocycles. The van der Waals surface area contributed by atoms with E-state index in [4.69, 9.17) is 5.73 Å². The second-order valence-electron chi connectivity index (χ2n) is 3.93. The van der Waals surface area contributed by atoms with Gasteiger partial charge in [-0.15, -0.1) is 0 Å². The molecule has 0 atom stereocenters. The van der Waals surface area contributed by atoms with Crippen LogP contribution in [0.15, 0.2) is 23.1 Å². The molecule has 0 unspecified atom stereocenters. The van der Waals surface area contributed by atoms with E-state index in [-0.39, 0.29) is 10.8 Å². The van der Waals surface area contributed by atoms with Gasteiger partial charge in [-0.25, -0.2) is 8.42 Å². The minimum Gasteiger partial charge on any atom is -0.397 e. The third-order valence-corrected chi connectivity index (χ3v) is 3.38. The lowest BCUT2D eigenvalue weighted by Crippen LogP contribution is -2.26. The molecule has 1 aromatic carbocycles. The first-order chi connectivity index (χ1) is 8.30. The number of hydrogen-bond acceptors (Lipinski definition) is 5. The number of nitrogens with two attached hydrogens (primary N) is 1. The second-order valence-corrected chi connectivity index (χ2v) is 5.95. The third kappa shape index (κ3) is 4.25. The van der Waals surface area contributed by atoms with E-state index in [2.05, 4.69) is 10.6 Å². The molecular weight excluding hydrogens is 254 g/mol. The van der Waals surface area contributed by atoms with Crippen LogP contribution in [0.1, 0.15) is 6.92 Å². The van der Waals surface area contributed by atoms with Gasteiger partial charge in [-0.1, -0.05) is 0 Å². The predicted octanol–water partition coefficient (Wildman–Crippen LogP) is 0.220. The van der Waals surface area contributed by atoms with Gasteiger partial charge >= 0.3 is 0 Å². The molecule has 1 amide bonds. The molecule has 0 radical (unpaired) electrons. The Morgan fingerprint density at radius 2 is 2.00 bits per heavy atom. The maximum Gasteiger partial charge on any atom is 0.216 e. The van der Waals surface area contributed by atoms with Gasteiger partial charge in [0.25, 0.3) is 0 Å². The van der Waals surface area contributed by atoms with Gasteiger partial charge in [-0.2, -0.15) is 0 Å². The molecule has 0 bridgehead atoms. The van der Waals surface area contributed by atoms with E-state index in [9.17, 15) is 13.2 Å². The zero-order chi connectivity index (χ0) is 13.8. The molecule has 0 aliphatic heterocycles. The molecule has 1 aromatic rings. The SMILES string of the molecule is CC(=O)NCCNc1ccc(S(C)(=O)=O)cc1N. The summed E-state index contributed by atoms with van der Waals surface area (Å²) in [5.41, 5.74) is 6.75. The van der Waals surface area contributed by atoms with Crippen LogP contribution in [0.2, 0.25) is 0 Å². The number of hydrogen-bond donors (Lipinski definition) is 3. The molecule has 4 N–H and O–H groups in total. The number of amides is 1. The van der Waals surface area contributed by atoms with E-state index in [1.54, 1.807) is 6.07 Å². The van der Waals surface area contributed by atoms with Gasteiger partial charge in [-0.3, -0.25) is 4.79 Å². The van der Waals surface area contributed by atoms with Crippen LogP contribution in [0.3, 0.4) is 0 Å². The van der Waals surface area contributed by atoms with Crippen LogP contribution >= 0.6 is 0 Å². The van der Waals surface area contributed by atoms with Crippen LogP contribution < -0.4 is 16.4 Å². The molecule has 0 spiro atoms. The monoisotopic (exact) mass is 271 g/mol. The average Bonchev–Trinajstić information content (AvgIpc) is 2.24. The van der Waals surface area contributed by atoms with Gasteiger partial charge in [0.05, 0.1) is 16.3 Å². The fourth-order valence-electron chi connectivity index (χ4n) is 1.37. The Morgan fingerprint density at radius 3 is 2.50 bits per heavy atom. The summed E-state index contributed by atoms with van der Waals surface area (Å²) >= 11 is 0. The van der Waals surface area contributed by atoms with Crippen molar-refractivity contribution in [2.45, 2.75) is 11.8 Å². The van der Waals surface area contributed by atoms with Crippen LogP contribution in [0.4, 0.5) is 11.4 Å². The molecule has 6 nitrogen and oxygen atoms in total. The summed E-state index contributed by atoms with van der Waals surface area (Å²) in [4.78, 5) is 10.8. The number of benzene rings is 1. The highest BCUT2D eigenvalue weighted by molar-refractivity contribution is 7.90. The van der Waals surface area contributed by atoms with Gasteiger partial charge in [0.1, 0.15) is 0 Å². The van der Waals surface area contributed by atoms with Crippen LogP contribution in [-0.2, 0) is 14.6 Å². The smallest absolute Gasteiger partial charge is 0.216 e. The number of carbonyl (C=O) groups is 1. The lowest BCUT2D eigenvalue weighted by Gasteiger charge is -2.10. The average molecular weight is 271 g/mol.